The summed E-state index contributed by atoms with van der Waals surface area (Å²) in [6.07, 6.45) is 0.542. The van der Waals surface area contributed by atoms with Crippen molar-refractivity contribution in [3.8, 4) is 0 Å². The number of rotatable bonds is 7. The van der Waals surface area contributed by atoms with Crippen LogP contribution in [0.5, 0.6) is 0 Å². The van der Waals surface area contributed by atoms with Gasteiger partial charge < -0.3 is 9.47 Å². The normalized spacial score (nSPS) is 11.7. The number of benzene rings is 1. The summed E-state index contributed by atoms with van der Waals surface area (Å²) in [5.74, 6) is -1.20. The SMILES string of the molecule is CCOC(=O)C[C@H](Cc1ccccc1)C(=O)OCC. The second-order valence-electron chi connectivity index (χ2n) is 4.15. The summed E-state index contributed by atoms with van der Waals surface area (Å²) in [7, 11) is 0. The Kier molecular flexibility index (Phi) is 6.64. The zero-order valence-electron chi connectivity index (χ0n) is 11.4. The zero-order valence-corrected chi connectivity index (χ0v) is 11.4. The van der Waals surface area contributed by atoms with Crippen molar-refractivity contribution in [2.24, 2.45) is 5.92 Å². The molecule has 1 atom stereocenters. The van der Waals surface area contributed by atoms with Crippen LogP contribution in [-0.2, 0) is 25.5 Å². The third-order valence-electron chi connectivity index (χ3n) is 2.66. The molecule has 0 aromatic heterocycles. The highest BCUT2D eigenvalue weighted by molar-refractivity contribution is 5.80. The van der Waals surface area contributed by atoms with Gasteiger partial charge in [-0.3, -0.25) is 9.59 Å². The van der Waals surface area contributed by atoms with Crippen molar-refractivity contribution in [3.63, 3.8) is 0 Å². The van der Waals surface area contributed by atoms with E-state index >= 15 is 0 Å². The van der Waals surface area contributed by atoms with Crippen molar-refractivity contribution in [1.82, 2.24) is 0 Å². The summed E-state index contributed by atoms with van der Waals surface area (Å²) >= 11 is 0. The molecule has 0 aliphatic rings. The van der Waals surface area contributed by atoms with E-state index < -0.39 is 5.92 Å². The van der Waals surface area contributed by atoms with Crippen LogP contribution in [0.2, 0.25) is 0 Å². The average molecular weight is 264 g/mol. The summed E-state index contributed by atoms with van der Waals surface area (Å²) in [5, 5.41) is 0. The van der Waals surface area contributed by atoms with Gasteiger partial charge in [-0.25, -0.2) is 0 Å². The second-order valence-corrected chi connectivity index (χ2v) is 4.15. The van der Waals surface area contributed by atoms with Crippen LogP contribution in [0.3, 0.4) is 0 Å². The summed E-state index contributed by atoms with van der Waals surface area (Å²) in [5.41, 5.74) is 1.00. The molecule has 0 aliphatic carbocycles. The molecule has 4 heteroatoms. The lowest BCUT2D eigenvalue weighted by atomic mass is 9.96. The van der Waals surface area contributed by atoms with E-state index in [9.17, 15) is 9.59 Å². The van der Waals surface area contributed by atoms with Gasteiger partial charge in [0.2, 0.25) is 0 Å². The molecule has 0 fully saturated rings. The van der Waals surface area contributed by atoms with E-state index in [1.54, 1.807) is 13.8 Å². The number of esters is 2. The molecule has 0 N–H and O–H groups in total. The van der Waals surface area contributed by atoms with Crippen LogP contribution in [0, 0.1) is 5.92 Å². The van der Waals surface area contributed by atoms with Crippen LogP contribution in [0.25, 0.3) is 0 Å². The van der Waals surface area contributed by atoms with Crippen molar-refractivity contribution in [2.45, 2.75) is 26.7 Å². The number of hydrogen-bond acceptors (Lipinski definition) is 4. The third kappa shape index (κ3) is 5.55. The summed E-state index contributed by atoms with van der Waals surface area (Å²) in [6, 6.07) is 9.58. The lowest BCUT2D eigenvalue weighted by molar-refractivity contribution is -0.154. The molecule has 4 nitrogen and oxygen atoms in total. The predicted octanol–water partition coefficient (Wildman–Crippen LogP) is 2.36. The molecular weight excluding hydrogens is 244 g/mol. The first-order valence-corrected chi connectivity index (χ1v) is 6.53. The molecule has 0 radical (unpaired) electrons. The molecule has 0 bridgehead atoms. The van der Waals surface area contributed by atoms with Crippen LogP contribution in [0.1, 0.15) is 25.8 Å². The third-order valence-corrected chi connectivity index (χ3v) is 2.66. The monoisotopic (exact) mass is 264 g/mol. The fourth-order valence-corrected chi connectivity index (χ4v) is 1.82. The minimum absolute atomic E-state index is 0.0571. The summed E-state index contributed by atoms with van der Waals surface area (Å²) in [6.45, 7) is 4.13. The quantitative estimate of drug-likeness (QED) is 0.709. The lowest BCUT2D eigenvalue weighted by Crippen LogP contribution is -2.24. The highest BCUT2D eigenvalue weighted by Gasteiger charge is 2.24. The van der Waals surface area contributed by atoms with E-state index in [4.69, 9.17) is 9.47 Å². The Labute approximate surface area is 113 Å². The second kappa shape index (κ2) is 8.29. The predicted molar refractivity (Wildman–Crippen MR) is 71.5 cm³/mol. The van der Waals surface area contributed by atoms with E-state index in [1.165, 1.54) is 0 Å². The highest BCUT2D eigenvalue weighted by atomic mass is 16.5. The molecule has 1 rings (SSSR count). The van der Waals surface area contributed by atoms with Gasteiger partial charge in [0.1, 0.15) is 0 Å². The molecule has 0 amide bonds. The van der Waals surface area contributed by atoms with E-state index in [2.05, 4.69) is 0 Å². The maximum absolute atomic E-state index is 11.9. The van der Waals surface area contributed by atoms with Gasteiger partial charge in [0.05, 0.1) is 25.6 Å². The number of ether oxygens (including phenoxy) is 2. The maximum atomic E-state index is 11.9. The molecule has 0 heterocycles. The van der Waals surface area contributed by atoms with Gasteiger partial charge in [-0.05, 0) is 25.8 Å². The molecular formula is C15H20O4. The zero-order chi connectivity index (χ0) is 14.1. The molecule has 19 heavy (non-hydrogen) atoms. The first-order chi connectivity index (χ1) is 9.17. The summed E-state index contributed by atoms with van der Waals surface area (Å²) in [4.78, 5) is 23.4. The van der Waals surface area contributed by atoms with Crippen LogP contribution in [0.15, 0.2) is 30.3 Å². The van der Waals surface area contributed by atoms with Crippen molar-refractivity contribution < 1.29 is 19.1 Å². The van der Waals surface area contributed by atoms with Crippen molar-refractivity contribution >= 4 is 11.9 Å². The van der Waals surface area contributed by atoms with Gasteiger partial charge in [-0.2, -0.15) is 0 Å². The molecule has 0 saturated heterocycles. The van der Waals surface area contributed by atoms with E-state index in [0.717, 1.165) is 5.56 Å². The molecule has 1 aromatic rings. The van der Waals surface area contributed by atoms with Gasteiger partial charge in [-0.1, -0.05) is 30.3 Å². The van der Waals surface area contributed by atoms with Crippen LogP contribution in [0.4, 0.5) is 0 Å². The van der Waals surface area contributed by atoms with Gasteiger partial charge in [0.25, 0.3) is 0 Å². The molecule has 1 aromatic carbocycles. The Morgan fingerprint density at radius 3 is 2.26 bits per heavy atom. The fourth-order valence-electron chi connectivity index (χ4n) is 1.82. The fraction of sp³-hybridized carbons (Fsp3) is 0.467. The topological polar surface area (TPSA) is 52.6 Å². The lowest BCUT2D eigenvalue weighted by Gasteiger charge is -2.14. The average Bonchev–Trinajstić information content (AvgIpc) is 2.40. The van der Waals surface area contributed by atoms with Gasteiger partial charge >= 0.3 is 11.9 Å². The maximum Gasteiger partial charge on any atom is 0.309 e. The smallest absolute Gasteiger partial charge is 0.309 e. The van der Waals surface area contributed by atoms with Crippen molar-refractivity contribution in [2.75, 3.05) is 13.2 Å². The van der Waals surface area contributed by atoms with Crippen molar-refractivity contribution in [3.05, 3.63) is 35.9 Å². The van der Waals surface area contributed by atoms with E-state index in [0.29, 0.717) is 19.6 Å². The molecule has 0 saturated carbocycles. The highest BCUT2D eigenvalue weighted by Crippen LogP contribution is 2.15. The molecule has 0 spiro atoms. The minimum atomic E-state index is -0.485. The largest absolute Gasteiger partial charge is 0.466 e. The standard InChI is InChI=1S/C15H20O4/c1-3-18-14(16)11-13(15(17)19-4-2)10-12-8-6-5-7-9-12/h5-9,13H,3-4,10-11H2,1-2H3/t13-/m0/s1. The summed E-state index contributed by atoms with van der Waals surface area (Å²) < 4.78 is 9.90. The molecule has 0 unspecified atom stereocenters. The Morgan fingerprint density at radius 2 is 1.68 bits per heavy atom. The van der Waals surface area contributed by atoms with Crippen LogP contribution >= 0.6 is 0 Å². The Balaban J connectivity index is 2.69. The number of carbonyl (C=O) groups excluding carboxylic acids is 2. The van der Waals surface area contributed by atoms with Gasteiger partial charge in [0.15, 0.2) is 0 Å². The minimum Gasteiger partial charge on any atom is -0.466 e. The first-order valence-electron chi connectivity index (χ1n) is 6.53. The van der Waals surface area contributed by atoms with E-state index in [-0.39, 0.29) is 18.4 Å². The van der Waals surface area contributed by atoms with Crippen LogP contribution in [-0.4, -0.2) is 25.2 Å². The Hall–Kier alpha value is -1.84. The first kappa shape index (κ1) is 15.2. The van der Waals surface area contributed by atoms with Crippen LogP contribution < -0.4 is 0 Å². The number of carbonyl (C=O) groups is 2. The molecule has 0 aliphatic heterocycles. The number of hydrogen-bond donors (Lipinski definition) is 0. The van der Waals surface area contributed by atoms with E-state index in [1.807, 2.05) is 30.3 Å². The Bertz CT molecular complexity index is 400. The van der Waals surface area contributed by atoms with Crippen molar-refractivity contribution in [1.29, 1.82) is 0 Å². The molecule has 104 valence electrons. The Morgan fingerprint density at radius 1 is 1.05 bits per heavy atom. The van der Waals surface area contributed by atoms with Gasteiger partial charge in [-0.15, -0.1) is 0 Å². The van der Waals surface area contributed by atoms with Gasteiger partial charge in [0, 0.05) is 0 Å².